The minimum Gasteiger partial charge on any atom is -0.0894 e. The van der Waals surface area contributed by atoms with Gasteiger partial charge < -0.3 is 0 Å². The van der Waals surface area contributed by atoms with Crippen molar-refractivity contribution in [3.63, 3.8) is 0 Å². The first kappa shape index (κ1) is 6.09. The van der Waals surface area contributed by atoms with E-state index < -0.39 is 0 Å². The second-order valence-corrected chi connectivity index (χ2v) is 1.63. The molecule has 0 saturated carbocycles. The Hall–Kier alpha value is 0.0900. The van der Waals surface area contributed by atoms with Gasteiger partial charge in [-0.2, -0.15) is 0 Å². The summed E-state index contributed by atoms with van der Waals surface area (Å²) in [6.45, 7) is 4.02. The van der Waals surface area contributed by atoms with Gasteiger partial charge in [0.25, 0.3) is 0 Å². The second-order valence-electron chi connectivity index (χ2n) is 1.11. The lowest BCUT2D eigenvalue weighted by Gasteiger charge is -1.85. The molecule has 0 aliphatic rings. The lowest BCUT2D eigenvalue weighted by molar-refractivity contribution is 1.30. The third-order valence-electron chi connectivity index (χ3n) is 0.670. The van der Waals surface area contributed by atoms with E-state index >= 15 is 0 Å². The summed E-state index contributed by atoms with van der Waals surface area (Å²) in [5.74, 6) is 0. The molecule has 0 heterocycles. The molecule has 1 heteroatoms. The highest BCUT2D eigenvalue weighted by atomic mass is 32.1. The molecule has 0 unspecified atom stereocenters. The van der Waals surface area contributed by atoms with Gasteiger partial charge in [0.1, 0.15) is 0 Å². The fourth-order valence-electron chi connectivity index (χ4n) is 0.204. The lowest BCUT2D eigenvalue weighted by atomic mass is 10.3. The Morgan fingerprint density at radius 2 is 2.33 bits per heavy atom. The molecule has 0 atom stereocenters. The molecule has 0 aliphatic heterocycles. The maximum absolute atomic E-state index is 4.80. The highest BCUT2D eigenvalue weighted by Gasteiger charge is 1.81. The maximum Gasteiger partial charge on any atom is -0.00399 e. The Kier molecular flexibility index (Phi) is 3.34. The summed E-state index contributed by atoms with van der Waals surface area (Å²) in [7, 11) is 0. The van der Waals surface area contributed by atoms with Gasteiger partial charge in [0.05, 0.1) is 0 Å². The number of hydrogen-bond donors (Lipinski definition) is 0. The Morgan fingerprint density at radius 3 is 2.33 bits per heavy atom. The molecule has 6 heavy (non-hydrogen) atoms. The van der Waals surface area contributed by atoms with Crippen LogP contribution in [0.5, 0.6) is 0 Å². The van der Waals surface area contributed by atoms with Crippen LogP contribution < -0.4 is 0 Å². The summed E-state index contributed by atoms with van der Waals surface area (Å²) in [6, 6.07) is 0. The summed E-state index contributed by atoms with van der Waals surface area (Å²) < 4.78 is 0. The van der Waals surface area contributed by atoms with Crippen molar-refractivity contribution in [3.05, 3.63) is 6.42 Å². The quantitative estimate of drug-likeness (QED) is 0.479. The van der Waals surface area contributed by atoms with Crippen LogP contribution in [-0.4, -0.2) is 4.86 Å². The maximum atomic E-state index is 4.80. The Bertz CT molecular complexity index is 41.9. The minimum atomic E-state index is 1.01. The molecule has 0 rings (SSSR count). The van der Waals surface area contributed by atoms with Crippen LogP contribution in [0.2, 0.25) is 0 Å². The molecular weight excluding hydrogens is 92.1 g/mol. The number of hydrogen-bond acceptors (Lipinski definition) is 1. The molecule has 0 nitrogen and oxygen atoms in total. The molecule has 0 N–H and O–H groups in total. The van der Waals surface area contributed by atoms with Crippen molar-refractivity contribution in [2.75, 3.05) is 0 Å². The van der Waals surface area contributed by atoms with Gasteiger partial charge in [-0.25, -0.2) is 0 Å². The van der Waals surface area contributed by atoms with E-state index in [1.165, 1.54) is 0 Å². The fraction of sp³-hybridized carbons (Fsp3) is 0.600. The van der Waals surface area contributed by atoms with Crippen LogP contribution in [0, 0.1) is 6.42 Å². The van der Waals surface area contributed by atoms with Crippen LogP contribution in [0.15, 0.2) is 0 Å². The Labute approximate surface area is 44.6 Å². The third kappa shape index (κ3) is 2.33. The first-order valence-electron chi connectivity index (χ1n) is 2.13. The topological polar surface area (TPSA) is 0 Å². The van der Waals surface area contributed by atoms with Gasteiger partial charge in [-0.3, -0.25) is 0 Å². The largest absolute Gasteiger partial charge is 0.0894 e. The van der Waals surface area contributed by atoms with Crippen molar-refractivity contribution in [1.82, 2.24) is 0 Å². The van der Waals surface area contributed by atoms with Gasteiger partial charge in [0, 0.05) is 0 Å². The molecule has 0 fully saturated rings. The molecule has 0 spiro atoms. The molecule has 0 aromatic rings. The Balaban J connectivity index is 2.99. The highest BCUT2D eigenvalue weighted by Crippen LogP contribution is 1.86. The SMILES string of the molecule is C[CH]C(=S)CC. The Morgan fingerprint density at radius 1 is 1.83 bits per heavy atom. The van der Waals surface area contributed by atoms with Gasteiger partial charge in [-0.15, -0.1) is 0 Å². The molecule has 0 saturated heterocycles. The van der Waals surface area contributed by atoms with Crippen molar-refractivity contribution in [1.29, 1.82) is 0 Å². The van der Waals surface area contributed by atoms with E-state index in [0.29, 0.717) is 0 Å². The van der Waals surface area contributed by atoms with Crippen molar-refractivity contribution < 1.29 is 0 Å². The van der Waals surface area contributed by atoms with E-state index in [2.05, 4.69) is 6.92 Å². The summed E-state index contributed by atoms with van der Waals surface area (Å²) in [5.41, 5.74) is 0. The van der Waals surface area contributed by atoms with Gasteiger partial charge in [0.15, 0.2) is 0 Å². The van der Waals surface area contributed by atoms with Crippen LogP contribution in [0.4, 0.5) is 0 Å². The molecule has 0 amide bonds. The van der Waals surface area contributed by atoms with Crippen LogP contribution in [-0.2, 0) is 0 Å². The van der Waals surface area contributed by atoms with E-state index in [9.17, 15) is 0 Å². The van der Waals surface area contributed by atoms with Crippen molar-refractivity contribution in [2.45, 2.75) is 20.3 Å². The van der Waals surface area contributed by atoms with E-state index in [0.717, 1.165) is 11.3 Å². The van der Waals surface area contributed by atoms with Crippen LogP contribution in [0.3, 0.4) is 0 Å². The predicted molar refractivity (Wildman–Crippen MR) is 32.9 cm³/mol. The summed E-state index contributed by atoms with van der Waals surface area (Å²) in [6.07, 6.45) is 2.96. The smallest absolute Gasteiger partial charge is 0.00399 e. The summed E-state index contributed by atoms with van der Waals surface area (Å²) in [5, 5.41) is 0. The molecule has 0 bridgehead atoms. The monoisotopic (exact) mass is 101 g/mol. The molecule has 0 aromatic heterocycles. The summed E-state index contributed by atoms with van der Waals surface area (Å²) >= 11 is 4.80. The van der Waals surface area contributed by atoms with E-state index in [1.54, 1.807) is 0 Å². The summed E-state index contributed by atoms with van der Waals surface area (Å²) in [4.78, 5) is 1.05. The first-order valence-corrected chi connectivity index (χ1v) is 2.54. The van der Waals surface area contributed by atoms with Gasteiger partial charge in [-0.1, -0.05) is 26.1 Å². The zero-order valence-corrected chi connectivity index (χ0v) is 5.01. The standard InChI is InChI=1S/C5H9S/c1-3-5(6)4-2/h3H,4H2,1-2H3. The van der Waals surface area contributed by atoms with Crippen LogP contribution in [0.1, 0.15) is 20.3 Å². The highest BCUT2D eigenvalue weighted by molar-refractivity contribution is 7.80. The predicted octanol–water partition coefficient (Wildman–Crippen LogP) is 1.99. The van der Waals surface area contributed by atoms with Gasteiger partial charge >= 0.3 is 0 Å². The van der Waals surface area contributed by atoms with E-state index in [4.69, 9.17) is 12.2 Å². The fourth-order valence-corrected chi connectivity index (χ4v) is 0.204. The van der Waals surface area contributed by atoms with Crippen LogP contribution in [0.25, 0.3) is 0 Å². The van der Waals surface area contributed by atoms with E-state index in [-0.39, 0.29) is 0 Å². The zero-order chi connectivity index (χ0) is 4.99. The van der Waals surface area contributed by atoms with Crippen molar-refractivity contribution in [2.24, 2.45) is 0 Å². The van der Waals surface area contributed by atoms with Crippen molar-refractivity contribution in [3.8, 4) is 0 Å². The second kappa shape index (κ2) is 3.29. The molecular formula is C5H9S. The molecule has 1 radical (unpaired) electrons. The average Bonchev–Trinajstić information content (AvgIpc) is 1.65. The first-order chi connectivity index (χ1) is 2.81. The van der Waals surface area contributed by atoms with Crippen LogP contribution >= 0.6 is 12.2 Å². The lowest BCUT2D eigenvalue weighted by Crippen LogP contribution is -1.85. The van der Waals surface area contributed by atoms with Gasteiger partial charge in [0.2, 0.25) is 0 Å². The molecule has 0 aliphatic carbocycles. The third-order valence-corrected chi connectivity index (χ3v) is 1.19. The van der Waals surface area contributed by atoms with Gasteiger partial charge in [-0.05, 0) is 17.7 Å². The minimum absolute atomic E-state index is 1.01. The average molecular weight is 101 g/mol. The molecule has 0 aromatic carbocycles. The number of rotatable bonds is 2. The van der Waals surface area contributed by atoms with Crippen molar-refractivity contribution >= 4 is 17.1 Å². The van der Waals surface area contributed by atoms with E-state index in [1.807, 2.05) is 13.3 Å². The molecule has 35 valence electrons. The number of thiocarbonyl (C=S) groups is 1. The normalized spacial score (nSPS) is 8.33. The zero-order valence-electron chi connectivity index (χ0n) is 4.19.